The van der Waals surface area contributed by atoms with Crippen molar-refractivity contribution in [1.29, 1.82) is 0 Å². The van der Waals surface area contributed by atoms with Gasteiger partial charge < -0.3 is 19.5 Å². The smallest absolute Gasteiger partial charge is 0.355 e. The van der Waals surface area contributed by atoms with Crippen molar-refractivity contribution in [3.63, 3.8) is 0 Å². The first kappa shape index (κ1) is 19.9. The van der Waals surface area contributed by atoms with Crippen molar-refractivity contribution >= 4 is 29.3 Å². The van der Waals surface area contributed by atoms with E-state index < -0.39 is 18.5 Å². The summed E-state index contributed by atoms with van der Waals surface area (Å²) in [6.45, 7) is 0.924. The Labute approximate surface area is 156 Å². The normalized spacial score (nSPS) is 10.2. The maximum Gasteiger partial charge on any atom is 0.355 e. The molecule has 0 aliphatic heterocycles. The Morgan fingerprint density at radius 1 is 1.07 bits per heavy atom. The van der Waals surface area contributed by atoms with Gasteiger partial charge in [-0.25, -0.2) is 4.79 Å². The van der Waals surface area contributed by atoms with Crippen molar-refractivity contribution in [2.75, 3.05) is 26.0 Å². The third kappa shape index (κ3) is 5.04. The molecular weight excluding hydrogens is 350 g/mol. The summed E-state index contributed by atoms with van der Waals surface area (Å²) in [6.07, 6.45) is 1.52. The fourth-order valence-electron chi connectivity index (χ4n) is 2.32. The van der Waals surface area contributed by atoms with E-state index in [0.29, 0.717) is 16.8 Å². The monoisotopic (exact) mass is 371 g/mol. The molecule has 0 spiro atoms. The van der Waals surface area contributed by atoms with Crippen molar-refractivity contribution in [3.8, 4) is 0 Å². The first-order valence-corrected chi connectivity index (χ1v) is 8.15. The number of nitrogens with one attached hydrogen (secondary N) is 1. The Morgan fingerprint density at radius 3 is 2.22 bits per heavy atom. The van der Waals surface area contributed by atoms with Crippen LogP contribution in [-0.4, -0.2) is 53.7 Å². The summed E-state index contributed by atoms with van der Waals surface area (Å²) in [5.41, 5.74) is 1.54. The van der Waals surface area contributed by atoms with Crippen LogP contribution in [0.5, 0.6) is 0 Å². The summed E-state index contributed by atoms with van der Waals surface area (Å²) in [7, 11) is 4.91. The Bertz CT molecular complexity index is 881. The summed E-state index contributed by atoms with van der Waals surface area (Å²) < 4.78 is 6.46. The molecule has 0 fully saturated rings. The minimum Gasteiger partial charge on any atom is -0.451 e. The van der Waals surface area contributed by atoms with Gasteiger partial charge in [-0.15, -0.1) is 0 Å². The number of hydrogen-bond acceptors (Lipinski definition) is 5. The van der Waals surface area contributed by atoms with Crippen molar-refractivity contribution in [3.05, 3.63) is 53.3 Å². The number of benzene rings is 1. The van der Waals surface area contributed by atoms with Gasteiger partial charge in [0.05, 0.1) is 0 Å². The number of aryl methyl sites for hydroxylation is 1. The molecule has 1 aromatic heterocycles. The number of carbonyl (C=O) groups is 4. The minimum atomic E-state index is -0.702. The van der Waals surface area contributed by atoms with Crippen molar-refractivity contribution in [1.82, 2.24) is 9.47 Å². The number of amides is 2. The standard InChI is InChI=1S/C19H21N3O5/c1-12(23)14-9-16(22(4)10-14)19(26)27-11-17(24)20-15-7-5-13(6-8-15)18(25)21(2)3/h5-10H,11H2,1-4H3,(H,20,24). The Hall–Kier alpha value is -3.42. The van der Waals surface area contributed by atoms with Crippen LogP contribution >= 0.6 is 0 Å². The van der Waals surface area contributed by atoms with Crippen LogP contribution in [0, 0.1) is 0 Å². The lowest BCUT2D eigenvalue weighted by atomic mass is 10.2. The first-order chi connectivity index (χ1) is 12.7. The van der Waals surface area contributed by atoms with E-state index in [1.54, 1.807) is 45.4 Å². The van der Waals surface area contributed by atoms with E-state index >= 15 is 0 Å². The summed E-state index contributed by atoms with van der Waals surface area (Å²) in [4.78, 5) is 48.6. The second kappa shape index (κ2) is 8.31. The molecule has 0 aliphatic carbocycles. The second-order valence-electron chi connectivity index (χ2n) is 6.18. The number of nitrogens with zero attached hydrogens (tertiary/aromatic N) is 2. The predicted molar refractivity (Wildman–Crippen MR) is 98.8 cm³/mol. The van der Waals surface area contributed by atoms with E-state index in [9.17, 15) is 19.2 Å². The quantitative estimate of drug-likeness (QED) is 0.616. The summed E-state index contributed by atoms with van der Waals surface area (Å²) in [6, 6.07) is 7.79. The van der Waals surface area contributed by atoms with Crippen LogP contribution in [0.2, 0.25) is 0 Å². The number of rotatable bonds is 6. The van der Waals surface area contributed by atoms with Crippen LogP contribution in [0.3, 0.4) is 0 Å². The van der Waals surface area contributed by atoms with Gasteiger partial charge in [0, 0.05) is 44.2 Å². The highest BCUT2D eigenvalue weighted by atomic mass is 16.5. The zero-order valence-corrected chi connectivity index (χ0v) is 15.6. The maximum absolute atomic E-state index is 12.1. The van der Waals surface area contributed by atoms with Crippen LogP contribution < -0.4 is 5.32 Å². The molecule has 0 saturated heterocycles. The van der Waals surface area contributed by atoms with E-state index in [4.69, 9.17) is 4.74 Å². The number of carbonyl (C=O) groups excluding carboxylic acids is 4. The Balaban J connectivity index is 1.91. The molecule has 0 saturated carbocycles. The van der Waals surface area contributed by atoms with Crippen LogP contribution in [0.1, 0.15) is 38.1 Å². The van der Waals surface area contributed by atoms with Gasteiger partial charge in [-0.05, 0) is 37.3 Å². The molecule has 2 rings (SSSR count). The third-order valence-corrected chi connectivity index (χ3v) is 3.78. The van der Waals surface area contributed by atoms with Gasteiger partial charge in [-0.2, -0.15) is 0 Å². The highest BCUT2D eigenvalue weighted by Gasteiger charge is 2.16. The van der Waals surface area contributed by atoms with Crippen molar-refractivity contribution in [2.45, 2.75) is 6.92 Å². The van der Waals surface area contributed by atoms with Gasteiger partial charge in [0.25, 0.3) is 11.8 Å². The molecule has 0 radical (unpaired) electrons. The first-order valence-electron chi connectivity index (χ1n) is 8.15. The van der Waals surface area contributed by atoms with Gasteiger partial charge in [0.1, 0.15) is 5.69 Å². The number of esters is 1. The molecule has 27 heavy (non-hydrogen) atoms. The molecule has 1 heterocycles. The average molecular weight is 371 g/mol. The van der Waals surface area contributed by atoms with E-state index in [1.165, 1.54) is 28.7 Å². The summed E-state index contributed by atoms with van der Waals surface area (Å²) in [5, 5.41) is 2.58. The molecular formula is C19H21N3O5. The van der Waals surface area contributed by atoms with Crippen molar-refractivity contribution in [2.24, 2.45) is 7.05 Å². The zero-order valence-electron chi connectivity index (χ0n) is 15.6. The number of Topliss-reactive ketones (excluding diaryl/α,β-unsaturated/α-hetero) is 1. The minimum absolute atomic E-state index is 0.144. The largest absolute Gasteiger partial charge is 0.451 e. The molecule has 0 unspecified atom stereocenters. The number of ether oxygens (including phenoxy) is 1. The number of hydrogen-bond donors (Lipinski definition) is 1. The van der Waals surface area contributed by atoms with E-state index in [1.807, 2.05) is 0 Å². The molecule has 8 heteroatoms. The average Bonchev–Trinajstić information content (AvgIpc) is 3.02. The fraction of sp³-hybridized carbons (Fsp3) is 0.263. The van der Waals surface area contributed by atoms with Crippen LogP contribution in [0.25, 0.3) is 0 Å². The number of aromatic nitrogens is 1. The number of anilines is 1. The van der Waals surface area contributed by atoms with Crippen LogP contribution in [-0.2, 0) is 16.6 Å². The molecule has 1 aromatic carbocycles. The molecule has 2 aromatic rings. The molecule has 2 amide bonds. The van der Waals surface area contributed by atoms with Gasteiger partial charge in [-0.1, -0.05) is 0 Å². The van der Waals surface area contributed by atoms with Gasteiger partial charge in [0.2, 0.25) is 0 Å². The van der Waals surface area contributed by atoms with Gasteiger partial charge in [0.15, 0.2) is 12.4 Å². The molecule has 0 bridgehead atoms. The molecule has 0 aliphatic rings. The molecule has 0 atom stereocenters. The molecule has 142 valence electrons. The lowest BCUT2D eigenvalue weighted by molar-refractivity contribution is -0.119. The van der Waals surface area contributed by atoms with Crippen LogP contribution in [0.4, 0.5) is 5.69 Å². The zero-order chi connectivity index (χ0) is 20.1. The number of ketones is 1. The third-order valence-electron chi connectivity index (χ3n) is 3.78. The SMILES string of the molecule is CC(=O)c1cc(C(=O)OCC(=O)Nc2ccc(C(=O)N(C)C)cc2)n(C)c1. The highest BCUT2D eigenvalue weighted by molar-refractivity contribution is 5.99. The lowest BCUT2D eigenvalue weighted by Crippen LogP contribution is -2.22. The lowest BCUT2D eigenvalue weighted by Gasteiger charge is -2.11. The summed E-state index contributed by atoms with van der Waals surface area (Å²) >= 11 is 0. The van der Waals surface area contributed by atoms with E-state index in [-0.39, 0.29) is 17.4 Å². The van der Waals surface area contributed by atoms with Crippen LogP contribution in [0.15, 0.2) is 36.5 Å². The molecule has 8 nitrogen and oxygen atoms in total. The van der Waals surface area contributed by atoms with E-state index in [2.05, 4.69) is 5.32 Å². The fourth-order valence-corrected chi connectivity index (χ4v) is 2.32. The van der Waals surface area contributed by atoms with Gasteiger partial charge in [-0.3, -0.25) is 14.4 Å². The van der Waals surface area contributed by atoms with Gasteiger partial charge >= 0.3 is 5.97 Å². The Morgan fingerprint density at radius 2 is 1.70 bits per heavy atom. The molecule has 1 N–H and O–H groups in total. The predicted octanol–water partition coefficient (Wildman–Crippen LogP) is 1.73. The maximum atomic E-state index is 12.1. The summed E-state index contributed by atoms with van der Waals surface area (Å²) in [5.74, 6) is -1.53. The highest BCUT2D eigenvalue weighted by Crippen LogP contribution is 2.12. The Kier molecular flexibility index (Phi) is 6.12. The topological polar surface area (TPSA) is 97.7 Å². The van der Waals surface area contributed by atoms with E-state index in [0.717, 1.165) is 0 Å². The second-order valence-corrected chi connectivity index (χ2v) is 6.18. The van der Waals surface area contributed by atoms with Crippen molar-refractivity contribution < 1.29 is 23.9 Å².